The van der Waals surface area contributed by atoms with Crippen LogP contribution in [0.4, 0.5) is 19.0 Å². The molecule has 0 aliphatic rings. The second-order valence-electron chi connectivity index (χ2n) is 3.08. The van der Waals surface area contributed by atoms with Crippen molar-refractivity contribution in [1.29, 1.82) is 0 Å². The predicted molar refractivity (Wildman–Crippen MR) is 50.2 cm³/mol. The first-order valence-corrected chi connectivity index (χ1v) is 4.35. The minimum absolute atomic E-state index is 0.0935. The van der Waals surface area contributed by atoms with E-state index >= 15 is 0 Å². The van der Waals surface area contributed by atoms with E-state index in [2.05, 4.69) is 9.72 Å². The molecule has 1 aromatic rings. The minimum atomic E-state index is -5.04. The van der Waals surface area contributed by atoms with Crippen molar-refractivity contribution in [2.75, 3.05) is 0 Å². The van der Waals surface area contributed by atoms with Crippen LogP contribution in [-0.4, -0.2) is 16.3 Å². The Labute approximate surface area is 93.3 Å². The van der Waals surface area contributed by atoms with E-state index in [0.717, 1.165) is 6.20 Å². The van der Waals surface area contributed by atoms with Gasteiger partial charge >= 0.3 is 12.2 Å². The zero-order valence-electron chi connectivity index (χ0n) is 8.61. The average Bonchev–Trinajstić information content (AvgIpc) is 2.15. The minimum Gasteiger partial charge on any atom is -0.396 e. The van der Waals surface area contributed by atoms with E-state index in [-0.39, 0.29) is 17.7 Å². The van der Waals surface area contributed by atoms with Crippen LogP contribution >= 0.6 is 0 Å². The van der Waals surface area contributed by atoms with E-state index in [1.165, 1.54) is 6.92 Å². The molecule has 0 spiro atoms. The third-order valence-corrected chi connectivity index (χ3v) is 1.93. The summed E-state index contributed by atoms with van der Waals surface area (Å²) in [6.45, 7) is 1.11. The summed E-state index contributed by atoms with van der Waals surface area (Å²) in [7, 11) is 0. The van der Waals surface area contributed by atoms with E-state index in [9.17, 15) is 23.3 Å². The lowest BCUT2D eigenvalue weighted by Gasteiger charge is -2.12. The maximum atomic E-state index is 12.1. The molecule has 1 aromatic heterocycles. The van der Waals surface area contributed by atoms with Crippen molar-refractivity contribution in [2.24, 2.45) is 5.73 Å². The van der Waals surface area contributed by atoms with Gasteiger partial charge in [0.2, 0.25) is 5.75 Å². The molecule has 0 aliphatic carbocycles. The van der Waals surface area contributed by atoms with Crippen molar-refractivity contribution >= 4 is 5.82 Å². The molecule has 17 heavy (non-hydrogen) atoms. The Hall–Kier alpha value is -1.90. The Balaban J connectivity index is 3.39. The smallest absolute Gasteiger partial charge is 0.396 e. The summed E-state index contributed by atoms with van der Waals surface area (Å²) in [6, 6.07) is 0. The van der Waals surface area contributed by atoms with Gasteiger partial charge in [0.05, 0.1) is 0 Å². The maximum absolute atomic E-state index is 12.1. The van der Waals surface area contributed by atoms with E-state index in [4.69, 9.17) is 5.73 Å². The van der Waals surface area contributed by atoms with E-state index in [1.807, 2.05) is 0 Å². The molecule has 0 saturated carbocycles. The number of hydrogen-bond acceptors (Lipinski definition) is 5. The molecule has 0 bridgehead atoms. The standard InChI is InChI=1S/C8H8F3N3O3/c1-4-3-13-7(14(15)16)6(5(4)2-12)17-8(9,10)11/h3H,2,12H2,1H3. The van der Waals surface area contributed by atoms with Crippen molar-refractivity contribution in [2.45, 2.75) is 19.8 Å². The number of nitrogens with two attached hydrogens (primary N) is 1. The van der Waals surface area contributed by atoms with E-state index in [1.54, 1.807) is 0 Å². The van der Waals surface area contributed by atoms with Gasteiger partial charge in [0.25, 0.3) is 0 Å². The fraction of sp³-hybridized carbons (Fsp3) is 0.375. The monoisotopic (exact) mass is 251 g/mol. The zero-order chi connectivity index (χ0) is 13.2. The highest BCUT2D eigenvalue weighted by Crippen LogP contribution is 2.34. The largest absolute Gasteiger partial charge is 0.573 e. The van der Waals surface area contributed by atoms with Gasteiger partial charge in [0.1, 0.15) is 6.20 Å². The molecular formula is C8H8F3N3O3. The summed E-state index contributed by atoms with van der Waals surface area (Å²) in [4.78, 5) is 12.8. The van der Waals surface area contributed by atoms with Crippen molar-refractivity contribution < 1.29 is 22.8 Å². The van der Waals surface area contributed by atoms with E-state index < -0.39 is 22.9 Å². The van der Waals surface area contributed by atoms with Crippen LogP contribution < -0.4 is 10.5 Å². The van der Waals surface area contributed by atoms with Gasteiger partial charge in [-0.05, 0) is 16.8 Å². The second kappa shape index (κ2) is 4.53. The van der Waals surface area contributed by atoms with Crippen molar-refractivity contribution in [3.8, 4) is 5.75 Å². The molecule has 0 unspecified atom stereocenters. The van der Waals surface area contributed by atoms with Crippen molar-refractivity contribution in [3.05, 3.63) is 27.4 Å². The number of hydrogen-bond donors (Lipinski definition) is 1. The molecule has 0 atom stereocenters. The number of ether oxygens (including phenoxy) is 1. The fourth-order valence-electron chi connectivity index (χ4n) is 1.22. The van der Waals surface area contributed by atoms with Crippen LogP contribution in [0.15, 0.2) is 6.20 Å². The molecule has 1 rings (SSSR count). The van der Waals surface area contributed by atoms with Gasteiger partial charge in [-0.2, -0.15) is 0 Å². The van der Waals surface area contributed by atoms with Crippen LogP contribution in [0.3, 0.4) is 0 Å². The first-order valence-electron chi connectivity index (χ1n) is 4.35. The van der Waals surface area contributed by atoms with Gasteiger partial charge in [-0.25, -0.2) is 0 Å². The lowest BCUT2D eigenvalue weighted by Crippen LogP contribution is -2.20. The molecule has 0 amide bonds. The molecular weight excluding hydrogens is 243 g/mol. The molecule has 9 heteroatoms. The van der Waals surface area contributed by atoms with Gasteiger partial charge in [0, 0.05) is 17.7 Å². The number of aromatic nitrogens is 1. The Morgan fingerprint density at radius 3 is 2.59 bits per heavy atom. The Kier molecular flexibility index (Phi) is 3.51. The molecule has 0 saturated heterocycles. The van der Waals surface area contributed by atoms with Crippen molar-refractivity contribution in [3.63, 3.8) is 0 Å². The van der Waals surface area contributed by atoms with Crippen LogP contribution in [0.1, 0.15) is 11.1 Å². The summed E-state index contributed by atoms with van der Waals surface area (Å²) >= 11 is 0. The van der Waals surface area contributed by atoms with Crippen LogP contribution in [-0.2, 0) is 6.54 Å². The maximum Gasteiger partial charge on any atom is 0.573 e. The van der Waals surface area contributed by atoms with Crippen LogP contribution in [0, 0.1) is 17.0 Å². The molecule has 0 radical (unpaired) electrons. The Morgan fingerprint density at radius 2 is 2.18 bits per heavy atom. The summed E-state index contributed by atoms with van der Waals surface area (Å²) in [5.41, 5.74) is 5.44. The van der Waals surface area contributed by atoms with Crippen LogP contribution in [0.25, 0.3) is 0 Å². The highest BCUT2D eigenvalue weighted by molar-refractivity contribution is 5.49. The van der Waals surface area contributed by atoms with Crippen molar-refractivity contribution in [1.82, 2.24) is 4.98 Å². The van der Waals surface area contributed by atoms with Gasteiger partial charge in [-0.15, -0.1) is 13.2 Å². The second-order valence-corrected chi connectivity index (χ2v) is 3.08. The number of nitrogens with zero attached hydrogens (tertiary/aromatic N) is 2. The fourth-order valence-corrected chi connectivity index (χ4v) is 1.22. The predicted octanol–water partition coefficient (Wildman–Crippen LogP) is 1.66. The number of halogens is 3. The molecule has 1 heterocycles. The first kappa shape index (κ1) is 13.2. The van der Waals surface area contributed by atoms with Gasteiger partial charge < -0.3 is 20.6 Å². The quantitative estimate of drug-likeness (QED) is 0.651. The number of alkyl halides is 3. The molecule has 0 aromatic carbocycles. The first-order chi connectivity index (χ1) is 7.76. The third kappa shape index (κ3) is 3.03. The third-order valence-electron chi connectivity index (χ3n) is 1.93. The number of aryl methyl sites for hydroxylation is 1. The lowest BCUT2D eigenvalue weighted by molar-refractivity contribution is -0.393. The summed E-state index contributed by atoms with van der Waals surface area (Å²) in [5, 5.41) is 10.5. The molecule has 0 fully saturated rings. The number of nitro groups is 1. The van der Waals surface area contributed by atoms with E-state index in [0.29, 0.717) is 0 Å². The summed E-state index contributed by atoms with van der Waals surface area (Å²) < 4.78 is 40.0. The highest BCUT2D eigenvalue weighted by atomic mass is 19.4. The van der Waals surface area contributed by atoms with Gasteiger partial charge in [0.15, 0.2) is 0 Å². The Morgan fingerprint density at radius 1 is 1.59 bits per heavy atom. The topological polar surface area (TPSA) is 91.3 Å². The number of rotatable bonds is 3. The van der Waals surface area contributed by atoms with Crippen LogP contribution in [0.2, 0.25) is 0 Å². The van der Waals surface area contributed by atoms with Gasteiger partial charge in [-0.1, -0.05) is 0 Å². The SMILES string of the molecule is Cc1cnc([N+](=O)[O-])c(OC(F)(F)F)c1CN. The summed E-state index contributed by atoms with van der Waals surface area (Å²) in [6.07, 6.45) is -3.96. The van der Waals surface area contributed by atoms with Crippen LogP contribution in [0.5, 0.6) is 5.75 Å². The average molecular weight is 251 g/mol. The highest BCUT2D eigenvalue weighted by Gasteiger charge is 2.36. The lowest BCUT2D eigenvalue weighted by atomic mass is 10.1. The molecule has 0 aliphatic heterocycles. The molecule has 6 nitrogen and oxygen atoms in total. The number of pyridine rings is 1. The normalized spacial score (nSPS) is 11.4. The molecule has 2 N–H and O–H groups in total. The van der Waals surface area contributed by atoms with Gasteiger partial charge in [-0.3, -0.25) is 0 Å². The zero-order valence-corrected chi connectivity index (χ0v) is 8.61. The molecule has 94 valence electrons. The Bertz CT molecular complexity index is 448. The summed E-state index contributed by atoms with van der Waals surface area (Å²) in [5.74, 6) is -1.96.